The van der Waals surface area contributed by atoms with Crippen LogP contribution in [0.4, 0.5) is 5.82 Å². The summed E-state index contributed by atoms with van der Waals surface area (Å²) in [6.45, 7) is 2.70. The van der Waals surface area contributed by atoms with Crippen LogP contribution in [0, 0.1) is 18.3 Å². The van der Waals surface area contributed by atoms with Crippen LogP contribution in [0.5, 0.6) is 0 Å². The molecule has 1 amide bonds. The molecule has 3 heterocycles. The number of nitrogens with zero attached hydrogens (tertiary/aromatic N) is 4. The molecule has 8 heteroatoms. The van der Waals surface area contributed by atoms with Crippen molar-refractivity contribution in [1.29, 1.82) is 5.26 Å². The van der Waals surface area contributed by atoms with E-state index in [9.17, 15) is 10.1 Å². The summed E-state index contributed by atoms with van der Waals surface area (Å²) < 4.78 is 1.72. The second kappa shape index (κ2) is 6.46. The molecule has 3 aromatic rings. The number of nitriles is 1. The number of aromatic nitrogens is 3. The van der Waals surface area contributed by atoms with Crippen LogP contribution in [0.3, 0.4) is 0 Å². The highest BCUT2D eigenvalue weighted by molar-refractivity contribution is 7.11. The van der Waals surface area contributed by atoms with Crippen molar-refractivity contribution in [2.75, 3.05) is 18.4 Å². The third-order valence-corrected chi connectivity index (χ3v) is 4.22. The van der Waals surface area contributed by atoms with Crippen molar-refractivity contribution in [3.63, 3.8) is 0 Å². The monoisotopic (exact) mass is 326 g/mol. The van der Waals surface area contributed by atoms with Gasteiger partial charge in [-0.3, -0.25) is 9.20 Å². The van der Waals surface area contributed by atoms with Crippen molar-refractivity contribution >= 4 is 28.7 Å². The van der Waals surface area contributed by atoms with E-state index in [1.165, 1.54) is 11.3 Å². The maximum atomic E-state index is 12.0. The van der Waals surface area contributed by atoms with Crippen molar-refractivity contribution in [2.24, 2.45) is 0 Å². The van der Waals surface area contributed by atoms with Crippen LogP contribution in [0.1, 0.15) is 21.1 Å². The Morgan fingerprint density at radius 2 is 2.30 bits per heavy atom. The highest BCUT2D eigenvalue weighted by atomic mass is 32.1. The molecule has 2 N–H and O–H groups in total. The minimum absolute atomic E-state index is 0.137. The van der Waals surface area contributed by atoms with E-state index in [1.807, 2.05) is 18.2 Å². The summed E-state index contributed by atoms with van der Waals surface area (Å²) in [6.07, 6.45) is 1.79. The quantitative estimate of drug-likeness (QED) is 0.697. The molecule has 0 radical (unpaired) electrons. The molecule has 3 rings (SSSR count). The molecule has 116 valence electrons. The van der Waals surface area contributed by atoms with Crippen LogP contribution in [0.25, 0.3) is 5.65 Å². The molecule has 0 aliphatic heterocycles. The average Bonchev–Trinajstić information content (AvgIpc) is 3.14. The van der Waals surface area contributed by atoms with Crippen molar-refractivity contribution in [1.82, 2.24) is 19.7 Å². The average molecular weight is 326 g/mol. The number of rotatable bonds is 5. The number of thiazole rings is 1. The molecule has 23 heavy (non-hydrogen) atoms. The number of anilines is 1. The van der Waals surface area contributed by atoms with Gasteiger partial charge in [-0.25, -0.2) is 9.97 Å². The van der Waals surface area contributed by atoms with Crippen molar-refractivity contribution in [3.05, 3.63) is 46.2 Å². The first-order chi connectivity index (χ1) is 11.2. The molecule has 0 fully saturated rings. The Labute approximate surface area is 136 Å². The van der Waals surface area contributed by atoms with Crippen molar-refractivity contribution < 1.29 is 4.79 Å². The van der Waals surface area contributed by atoms with Gasteiger partial charge in [-0.2, -0.15) is 5.26 Å². The van der Waals surface area contributed by atoms with Crippen LogP contribution in [0.2, 0.25) is 0 Å². The van der Waals surface area contributed by atoms with Gasteiger partial charge < -0.3 is 10.6 Å². The summed E-state index contributed by atoms with van der Waals surface area (Å²) in [5, 5.41) is 15.2. The van der Waals surface area contributed by atoms with E-state index >= 15 is 0 Å². The molecule has 0 aliphatic carbocycles. The van der Waals surface area contributed by atoms with E-state index in [0.717, 1.165) is 5.69 Å². The second-order valence-corrected chi connectivity index (χ2v) is 5.65. The molecule has 3 aromatic heterocycles. The first kappa shape index (κ1) is 15.0. The minimum Gasteiger partial charge on any atom is -0.366 e. The van der Waals surface area contributed by atoms with Crippen molar-refractivity contribution in [2.45, 2.75) is 6.92 Å². The summed E-state index contributed by atoms with van der Waals surface area (Å²) in [4.78, 5) is 21.0. The predicted octanol–water partition coefficient (Wildman–Crippen LogP) is 1.81. The van der Waals surface area contributed by atoms with Gasteiger partial charge in [0, 0.05) is 19.3 Å². The van der Waals surface area contributed by atoms with E-state index in [4.69, 9.17) is 0 Å². The Morgan fingerprint density at radius 3 is 3.04 bits per heavy atom. The standard InChI is InChI=1S/C15H14N6OS/c1-10-13(23-9-19-10)15(22)18-6-5-17-14-11(8-16)21-7-3-2-4-12(21)20-14/h2-4,7,9,17H,5-6H2,1H3,(H,18,22). The zero-order valence-corrected chi connectivity index (χ0v) is 13.2. The maximum absolute atomic E-state index is 12.0. The van der Waals surface area contributed by atoms with E-state index in [0.29, 0.717) is 35.1 Å². The van der Waals surface area contributed by atoms with Crippen LogP contribution >= 0.6 is 11.3 Å². The fourth-order valence-corrected chi connectivity index (χ4v) is 2.90. The Bertz CT molecular complexity index is 891. The summed E-state index contributed by atoms with van der Waals surface area (Å²) >= 11 is 1.32. The summed E-state index contributed by atoms with van der Waals surface area (Å²) in [7, 11) is 0. The van der Waals surface area contributed by atoms with E-state index in [-0.39, 0.29) is 5.91 Å². The Kier molecular flexibility index (Phi) is 4.21. The third-order valence-electron chi connectivity index (χ3n) is 3.29. The van der Waals surface area contributed by atoms with E-state index < -0.39 is 0 Å². The molecule has 0 saturated heterocycles. The first-order valence-corrected chi connectivity index (χ1v) is 7.88. The smallest absolute Gasteiger partial charge is 0.263 e. The highest BCUT2D eigenvalue weighted by Crippen LogP contribution is 2.16. The Balaban J connectivity index is 1.60. The lowest BCUT2D eigenvalue weighted by Gasteiger charge is -2.05. The fraction of sp³-hybridized carbons (Fsp3) is 0.200. The number of hydrogen-bond acceptors (Lipinski definition) is 6. The Hall–Kier alpha value is -2.92. The largest absolute Gasteiger partial charge is 0.366 e. The summed E-state index contributed by atoms with van der Waals surface area (Å²) in [5.74, 6) is 0.379. The topological polar surface area (TPSA) is 95.1 Å². The minimum atomic E-state index is -0.137. The van der Waals surface area contributed by atoms with Gasteiger partial charge in [0.05, 0.1) is 11.2 Å². The molecule has 0 saturated carbocycles. The lowest BCUT2D eigenvalue weighted by atomic mass is 10.3. The van der Waals surface area contributed by atoms with Gasteiger partial charge in [0.1, 0.15) is 16.6 Å². The van der Waals surface area contributed by atoms with Gasteiger partial charge in [0.15, 0.2) is 11.5 Å². The number of hydrogen-bond donors (Lipinski definition) is 2. The normalized spacial score (nSPS) is 10.4. The van der Waals surface area contributed by atoms with Gasteiger partial charge in [-0.15, -0.1) is 11.3 Å². The molecule has 0 unspecified atom stereocenters. The summed E-state index contributed by atoms with van der Waals surface area (Å²) in [6, 6.07) is 7.69. The fourth-order valence-electron chi connectivity index (χ4n) is 2.18. The van der Waals surface area contributed by atoms with Gasteiger partial charge in [-0.1, -0.05) is 6.07 Å². The maximum Gasteiger partial charge on any atom is 0.263 e. The number of imidazole rings is 1. The molecule has 0 aliphatic rings. The lowest BCUT2D eigenvalue weighted by Crippen LogP contribution is -2.28. The number of nitrogens with one attached hydrogen (secondary N) is 2. The molecule has 0 atom stereocenters. The zero-order valence-electron chi connectivity index (χ0n) is 12.4. The van der Waals surface area contributed by atoms with Crippen molar-refractivity contribution in [3.8, 4) is 6.07 Å². The third kappa shape index (κ3) is 3.00. The predicted molar refractivity (Wildman–Crippen MR) is 87.6 cm³/mol. The highest BCUT2D eigenvalue weighted by Gasteiger charge is 2.12. The van der Waals surface area contributed by atoms with Gasteiger partial charge in [-0.05, 0) is 19.1 Å². The number of pyridine rings is 1. The molecule has 7 nitrogen and oxygen atoms in total. The number of fused-ring (bicyclic) bond motifs is 1. The SMILES string of the molecule is Cc1ncsc1C(=O)NCCNc1nc2ccccn2c1C#N. The lowest BCUT2D eigenvalue weighted by molar-refractivity contribution is 0.0958. The molecular weight excluding hydrogens is 312 g/mol. The second-order valence-electron chi connectivity index (χ2n) is 4.80. The van der Waals surface area contributed by atoms with Crippen LogP contribution in [-0.4, -0.2) is 33.4 Å². The van der Waals surface area contributed by atoms with Gasteiger partial charge in [0.25, 0.3) is 5.91 Å². The van der Waals surface area contributed by atoms with Crippen LogP contribution in [-0.2, 0) is 0 Å². The molecular formula is C15H14N6OS. The molecule has 0 bridgehead atoms. The van der Waals surface area contributed by atoms with E-state index in [2.05, 4.69) is 26.7 Å². The number of amides is 1. The number of carbonyl (C=O) groups excluding carboxylic acids is 1. The van der Waals surface area contributed by atoms with Gasteiger partial charge >= 0.3 is 0 Å². The zero-order chi connectivity index (χ0) is 16.2. The molecule has 0 aromatic carbocycles. The van der Waals surface area contributed by atoms with Crippen LogP contribution < -0.4 is 10.6 Å². The first-order valence-electron chi connectivity index (χ1n) is 7.00. The van der Waals surface area contributed by atoms with Gasteiger partial charge in [0.2, 0.25) is 0 Å². The summed E-state index contributed by atoms with van der Waals surface area (Å²) in [5.41, 5.74) is 3.53. The number of carbonyl (C=O) groups is 1. The number of aryl methyl sites for hydroxylation is 1. The van der Waals surface area contributed by atoms with E-state index in [1.54, 1.807) is 23.0 Å². The van der Waals surface area contributed by atoms with Crippen LogP contribution in [0.15, 0.2) is 29.9 Å². The molecule has 0 spiro atoms. The Morgan fingerprint density at radius 1 is 1.43 bits per heavy atom.